The molecule has 0 aliphatic carbocycles. The Bertz CT molecular complexity index is 626. The molecule has 2 rings (SSSR count). The molecule has 1 unspecified atom stereocenters. The van der Waals surface area contributed by atoms with Crippen LogP contribution in [0.25, 0.3) is 0 Å². The van der Waals surface area contributed by atoms with Gasteiger partial charge in [-0.3, -0.25) is 19.7 Å². The Morgan fingerprint density at radius 3 is 2.67 bits per heavy atom. The normalized spacial score (nSPS) is 17.5. The molecule has 1 atom stereocenters. The molecule has 1 saturated heterocycles. The summed E-state index contributed by atoms with van der Waals surface area (Å²) in [5.41, 5.74) is 6.47. The Morgan fingerprint density at radius 1 is 1.33 bits per heavy atom. The molecule has 0 aromatic heterocycles. The van der Waals surface area contributed by atoms with Gasteiger partial charge in [-0.2, -0.15) is 0 Å². The molecule has 108 valence electrons. The van der Waals surface area contributed by atoms with E-state index in [1.54, 1.807) is 24.3 Å². The van der Waals surface area contributed by atoms with E-state index in [4.69, 9.17) is 5.73 Å². The average molecular weight is 285 g/mol. The van der Waals surface area contributed by atoms with Crippen LogP contribution in [-0.2, 0) is 9.59 Å². The maximum absolute atomic E-state index is 12.0. The maximum atomic E-state index is 12.0. The lowest BCUT2D eigenvalue weighted by Crippen LogP contribution is -2.52. The van der Waals surface area contributed by atoms with Crippen LogP contribution >= 0.6 is 0 Å². The van der Waals surface area contributed by atoms with Crippen molar-refractivity contribution in [2.75, 3.05) is 6.54 Å². The summed E-state index contributed by atoms with van der Waals surface area (Å²) >= 11 is 0. The van der Waals surface area contributed by atoms with Gasteiger partial charge in [-0.15, -0.1) is 0 Å². The van der Waals surface area contributed by atoms with Crippen molar-refractivity contribution in [3.63, 3.8) is 0 Å². The zero-order valence-electron chi connectivity index (χ0n) is 11.3. The number of nitrogens with two attached hydrogens (primary N) is 1. The van der Waals surface area contributed by atoms with E-state index in [1.165, 1.54) is 0 Å². The second-order valence-corrected chi connectivity index (χ2v) is 4.56. The third kappa shape index (κ3) is 3.91. The van der Waals surface area contributed by atoms with Gasteiger partial charge in [-0.25, -0.2) is 0 Å². The number of imide groups is 1. The van der Waals surface area contributed by atoms with Crippen LogP contribution in [0.5, 0.6) is 0 Å². The Morgan fingerprint density at radius 2 is 2.05 bits per heavy atom. The third-order valence-electron chi connectivity index (χ3n) is 3.03. The summed E-state index contributed by atoms with van der Waals surface area (Å²) < 4.78 is 0. The van der Waals surface area contributed by atoms with Crippen molar-refractivity contribution in [2.45, 2.75) is 18.9 Å². The molecule has 0 saturated carbocycles. The molecular weight excluding hydrogens is 270 g/mol. The van der Waals surface area contributed by atoms with E-state index in [0.29, 0.717) is 12.0 Å². The van der Waals surface area contributed by atoms with Gasteiger partial charge in [0, 0.05) is 17.5 Å². The molecule has 1 aromatic rings. The molecule has 1 aromatic carbocycles. The fourth-order valence-corrected chi connectivity index (χ4v) is 1.93. The number of amides is 3. The molecule has 6 nitrogen and oxygen atoms in total. The van der Waals surface area contributed by atoms with Gasteiger partial charge in [0.2, 0.25) is 11.8 Å². The predicted molar refractivity (Wildman–Crippen MR) is 76.0 cm³/mol. The van der Waals surface area contributed by atoms with Gasteiger partial charge < -0.3 is 11.1 Å². The highest BCUT2D eigenvalue weighted by molar-refractivity contribution is 6.03. The second-order valence-electron chi connectivity index (χ2n) is 4.56. The number of piperidine rings is 1. The van der Waals surface area contributed by atoms with Gasteiger partial charge in [0.1, 0.15) is 6.04 Å². The van der Waals surface area contributed by atoms with E-state index >= 15 is 0 Å². The van der Waals surface area contributed by atoms with Crippen molar-refractivity contribution in [3.05, 3.63) is 35.4 Å². The molecule has 21 heavy (non-hydrogen) atoms. The highest BCUT2D eigenvalue weighted by Gasteiger charge is 2.27. The molecular formula is C15H15N3O3. The van der Waals surface area contributed by atoms with E-state index in [-0.39, 0.29) is 24.8 Å². The summed E-state index contributed by atoms with van der Waals surface area (Å²) in [7, 11) is 0. The van der Waals surface area contributed by atoms with Gasteiger partial charge >= 0.3 is 0 Å². The fourth-order valence-electron chi connectivity index (χ4n) is 1.93. The first-order valence-electron chi connectivity index (χ1n) is 6.53. The average Bonchev–Trinajstić information content (AvgIpc) is 2.48. The molecule has 0 bridgehead atoms. The molecule has 0 spiro atoms. The quantitative estimate of drug-likeness (QED) is 0.505. The summed E-state index contributed by atoms with van der Waals surface area (Å²) in [5.74, 6) is 4.44. The number of benzene rings is 1. The minimum Gasteiger partial charge on any atom is -0.340 e. The van der Waals surface area contributed by atoms with Gasteiger partial charge in [-0.05, 0) is 30.7 Å². The van der Waals surface area contributed by atoms with Gasteiger partial charge in [0.15, 0.2) is 0 Å². The van der Waals surface area contributed by atoms with Crippen LogP contribution in [0.3, 0.4) is 0 Å². The van der Waals surface area contributed by atoms with Crippen molar-refractivity contribution in [2.24, 2.45) is 5.73 Å². The number of carbonyl (C=O) groups is 3. The van der Waals surface area contributed by atoms with Crippen molar-refractivity contribution >= 4 is 17.7 Å². The van der Waals surface area contributed by atoms with Crippen LogP contribution in [0, 0.1) is 11.8 Å². The third-order valence-corrected chi connectivity index (χ3v) is 3.03. The van der Waals surface area contributed by atoms with Gasteiger partial charge in [-0.1, -0.05) is 11.8 Å². The first-order chi connectivity index (χ1) is 10.1. The van der Waals surface area contributed by atoms with E-state index < -0.39 is 11.9 Å². The summed E-state index contributed by atoms with van der Waals surface area (Å²) in [4.78, 5) is 34.6. The predicted octanol–water partition coefficient (Wildman–Crippen LogP) is -0.468. The second kappa shape index (κ2) is 6.68. The Kier molecular flexibility index (Phi) is 4.69. The Labute approximate surface area is 122 Å². The molecule has 1 aliphatic heterocycles. The summed E-state index contributed by atoms with van der Waals surface area (Å²) in [6.07, 6.45) is 0.542. The van der Waals surface area contributed by atoms with Crippen LogP contribution in [0.1, 0.15) is 28.8 Å². The van der Waals surface area contributed by atoms with Crippen LogP contribution in [-0.4, -0.2) is 30.3 Å². The van der Waals surface area contributed by atoms with Crippen molar-refractivity contribution in [3.8, 4) is 11.8 Å². The van der Waals surface area contributed by atoms with Crippen molar-refractivity contribution < 1.29 is 14.4 Å². The molecule has 3 amide bonds. The number of carbonyl (C=O) groups excluding carboxylic acids is 3. The highest BCUT2D eigenvalue weighted by atomic mass is 16.2. The molecule has 6 heteroatoms. The SMILES string of the molecule is NCC#Cc1ccc(C(=O)NC2CCC(=O)NC2=O)cc1. The number of hydrogen-bond acceptors (Lipinski definition) is 4. The van der Waals surface area contributed by atoms with Crippen LogP contribution in [0.2, 0.25) is 0 Å². The maximum Gasteiger partial charge on any atom is 0.251 e. The van der Waals surface area contributed by atoms with E-state index in [1.807, 2.05) is 0 Å². The summed E-state index contributed by atoms with van der Waals surface area (Å²) in [6.45, 7) is 0.276. The lowest BCUT2D eigenvalue weighted by atomic mass is 10.1. The Balaban J connectivity index is 2.00. The van der Waals surface area contributed by atoms with Crippen LogP contribution < -0.4 is 16.4 Å². The number of rotatable bonds is 2. The van der Waals surface area contributed by atoms with E-state index in [2.05, 4.69) is 22.5 Å². The van der Waals surface area contributed by atoms with Crippen molar-refractivity contribution in [1.29, 1.82) is 0 Å². The zero-order valence-corrected chi connectivity index (χ0v) is 11.3. The van der Waals surface area contributed by atoms with Crippen LogP contribution in [0.4, 0.5) is 0 Å². The molecule has 1 fully saturated rings. The van der Waals surface area contributed by atoms with Crippen molar-refractivity contribution in [1.82, 2.24) is 10.6 Å². The Hall–Kier alpha value is -2.65. The monoisotopic (exact) mass is 285 g/mol. The van der Waals surface area contributed by atoms with Crippen LogP contribution in [0.15, 0.2) is 24.3 Å². The summed E-state index contributed by atoms with van der Waals surface area (Å²) in [5, 5.41) is 4.80. The lowest BCUT2D eigenvalue weighted by molar-refractivity contribution is -0.134. The minimum absolute atomic E-state index is 0.226. The zero-order chi connectivity index (χ0) is 15.2. The minimum atomic E-state index is -0.674. The first-order valence-corrected chi connectivity index (χ1v) is 6.53. The lowest BCUT2D eigenvalue weighted by Gasteiger charge is -2.21. The number of hydrogen-bond donors (Lipinski definition) is 3. The summed E-state index contributed by atoms with van der Waals surface area (Å²) in [6, 6.07) is 6.00. The molecule has 1 heterocycles. The molecule has 0 radical (unpaired) electrons. The van der Waals surface area contributed by atoms with E-state index in [9.17, 15) is 14.4 Å². The number of nitrogens with one attached hydrogen (secondary N) is 2. The smallest absolute Gasteiger partial charge is 0.251 e. The molecule has 4 N–H and O–H groups in total. The van der Waals surface area contributed by atoms with Gasteiger partial charge in [0.25, 0.3) is 5.91 Å². The first kappa shape index (κ1) is 14.8. The van der Waals surface area contributed by atoms with E-state index in [0.717, 1.165) is 5.56 Å². The molecule has 1 aliphatic rings. The largest absolute Gasteiger partial charge is 0.340 e. The highest BCUT2D eigenvalue weighted by Crippen LogP contribution is 2.07. The fraction of sp³-hybridized carbons (Fsp3) is 0.267. The van der Waals surface area contributed by atoms with Gasteiger partial charge in [0.05, 0.1) is 6.54 Å². The standard InChI is InChI=1S/C15H15N3O3/c16-9-1-2-10-3-5-11(6-4-10)14(20)17-12-7-8-13(19)18-15(12)21/h3-6,12H,7-9,16H2,(H,17,20)(H,18,19,21). The topological polar surface area (TPSA) is 101 Å².